The van der Waals surface area contributed by atoms with Crippen LogP contribution < -0.4 is 10.6 Å². The van der Waals surface area contributed by atoms with Crippen molar-refractivity contribution in [2.24, 2.45) is 5.41 Å². The van der Waals surface area contributed by atoms with Crippen LogP contribution in [-0.2, 0) is 0 Å². The van der Waals surface area contributed by atoms with E-state index in [4.69, 9.17) is 11.6 Å². The predicted molar refractivity (Wildman–Crippen MR) is 79.9 cm³/mol. The Balaban J connectivity index is 2.02. The molecule has 0 aliphatic heterocycles. The smallest absolute Gasteiger partial charge is 0.253 e. The van der Waals surface area contributed by atoms with Gasteiger partial charge >= 0.3 is 0 Å². The molecule has 0 bridgehead atoms. The Hall–Kier alpha value is -1.22. The molecule has 4 heteroatoms. The van der Waals surface area contributed by atoms with Gasteiger partial charge in [0, 0.05) is 24.3 Å². The van der Waals surface area contributed by atoms with E-state index in [1.807, 2.05) is 6.07 Å². The van der Waals surface area contributed by atoms with Crippen LogP contribution in [0.5, 0.6) is 0 Å². The molecule has 0 unspecified atom stereocenters. The lowest BCUT2D eigenvalue weighted by Gasteiger charge is -2.16. The SMILES string of the molecule is CCCC1(CNC(=O)c2cc(Cl)ccc2NC)CC1. The first-order valence-corrected chi connectivity index (χ1v) is 7.23. The number of amides is 1. The van der Waals surface area contributed by atoms with Gasteiger partial charge < -0.3 is 10.6 Å². The fraction of sp³-hybridized carbons (Fsp3) is 0.533. The number of carbonyl (C=O) groups excluding carboxylic acids is 1. The van der Waals surface area contributed by atoms with Gasteiger partial charge in [0.25, 0.3) is 5.91 Å². The van der Waals surface area contributed by atoms with Gasteiger partial charge in [-0.1, -0.05) is 24.9 Å². The number of anilines is 1. The van der Waals surface area contributed by atoms with E-state index in [2.05, 4.69) is 17.6 Å². The minimum atomic E-state index is -0.0470. The first kappa shape index (κ1) is 14.2. The molecule has 0 aromatic heterocycles. The van der Waals surface area contributed by atoms with Gasteiger partial charge in [-0.2, -0.15) is 0 Å². The quantitative estimate of drug-likeness (QED) is 0.834. The molecule has 2 rings (SSSR count). The summed E-state index contributed by atoms with van der Waals surface area (Å²) in [7, 11) is 1.81. The van der Waals surface area contributed by atoms with Crippen LogP contribution in [0, 0.1) is 5.41 Å². The number of hydrogen-bond donors (Lipinski definition) is 2. The maximum atomic E-state index is 12.2. The summed E-state index contributed by atoms with van der Waals surface area (Å²) in [5, 5.41) is 6.66. The van der Waals surface area contributed by atoms with Crippen molar-refractivity contribution in [2.45, 2.75) is 32.6 Å². The third kappa shape index (κ3) is 3.41. The van der Waals surface area contributed by atoms with Crippen molar-refractivity contribution < 1.29 is 4.79 Å². The molecular weight excluding hydrogens is 260 g/mol. The molecule has 0 atom stereocenters. The van der Waals surface area contributed by atoms with Crippen LogP contribution in [0.25, 0.3) is 0 Å². The second kappa shape index (κ2) is 5.83. The summed E-state index contributed by atoms with van der Waals surface area (Å²) in [5.74, 6) is -0.0470. The third-order valence-corrected chi connectivity index (χ3v) is 4.09. The molecule has 0 heterocycles. The minimum Gasteiger partial charge on any atom is -0.387 e. The first-order valence-electron chi connectivity index (χ1n) is 6.86. The molecule has 1 aromatic rings. The highest BCUT2D eigenvalue weighted by Gasteiger charge is 2.41. The molecule has 1 aromatic carbocycles. The third-order valence-electron chi connectivity index (χ3n) is 3.86. The van der Waals surface area contributed by atoms with E-state index >= 15 is 0 Å². The van der Waals surface area contributed by atoms with Crippen molar-refractivity contribution in [2.75, 3.05) is 18.9 Å². The average Bonchev–Trinajstić information content (AvgIpc) is 3.17. The van der Waals surface area contributed by atoms with Crippen molar-refractivity contribution >= 4 is 23.2 Å². The molecular formula is C15H21ClN2O. The van der Waals surface area contributed by atoms with Gasteiger partial charge in [-0.05, 0) is 42.9 Å². The number of carbonyl (C=O) groups is 1. The second-order valence-electron chi connectivity index (χ2n) is 5.37. The largest absolute Gasteiger partial charge is 0.387 e. The zero-order valence-corrected chi connectivity index (χ0v) is 12.3. The Labute approximate surface area is 119 Å². The molecule has 1 aliphatic rings. The van der Waals surface area contributed by atoms with E-state index < -0.39 is 0 Å². The van der Waals surface area contributed by atoms with Crippen molar-refractivity contribution in [1.29, 1.82) is 0 Å². The van der Waals surface area contributed by atoms with Crippen molar-refractivity contribution in [3.05, 3.63) is 28.8 Å². The molecule has 2 N–H and O–H groups in total. The van der Waals surface area contributed by atoms with Crippen LogP contribution in [-0.4, -0.2) is 19.5 Å². The van der Waals surface area contributed by atoms with Crippen molar-refractivity contribution in [3.63, 3.8) is 0 Å². The van der Waals surface area contributed by atoms with Crippen LogP contribution >= 0.6 is 11.6 Å². The number of rotatable bonds is 6. The Morgan fingerprint density at radius 3 is 2.74 bits per heavy atom. The highest BCUT2D eigenvalue weighted by Crippen LogP contribution is 2.48. The van der Waals surface area contributed by atoms with E-state index in [0.29, 0.717) is 16.0 Å². The second-order valence-corrected chi connectivity index (χ2v) is 5.81. The lowest BCUT2D eigenvalue weighted by atomic mass is 10.0. The predicted octanol–water partition coefficient (Wildman–Crippen LogP) is 3.69. The molecule has 1 aliphatic carbocycles. The van der Waals surface area contributed by atoms with Gasteiger partial charge in [-0.3, -0.25) is 4.79 Å². The summed E-state index contributed by atoms with van der Waals surface area (Å²) in [4.78, 5) is 12.2. The van der Waals surface area contributed by atoms with E-state index in [1.165, 1.54) is 25.7 Å². The van der Waals surface area contributed by atoms with Gasteiger partial charge in [-0.15, -0.1) is 0 Å². The van der Waals surface area contributed by atoms with Gasteiger partial charge in [-0.25, -0.2) is 0 Å². The zero-order valence-electron chi connectivity index (χ0n) is 11.6. The molecule has 19 heavy (non-hydrogen) atoms. The number of benzene rings is 1. The molecule has 0 saturated heterocycles. The fourth-order valence-corrected chi connectivity index (χ4v) is 2.68. The first-order chi connectivity index (χ1) is 9.10. The highest BCUT2D eigenvalue weighted by atomic mass is 35.5. The summed E-state index contributed by atoms with van der Waals surface area (Å²) in [6.45, 7) is 2.97. The fourth-order valence-electron chi connectivity index (χ4n) is 2.51. The topological polar surface area (TPSA) is 41.1 Å². The van der Waals surface area contributed by atoms with Crippen LogP contribution in [0.1, 0.15) is 43.0 Å². The highest BCUT2D eigenvalue weighted by molar-refractivity contribution is 6.31. The monoisotopic (exact) mass is 280 g/mol. The molecule has 1 fully saturated rings. The van der Waals surface area contributed by atoms with E-state index in [0.717, 1.165) is 12.2 Å². The number of nitrogens with one attached hydrogen (secondary N) is 2. The van der Waals surface area contributed by atoms with Gasteiger partial charge in [0.15, 0.2) is 0 Å². The summed E-state index contributed by atoms with van der Waals surface area (Å²) in [6, 6.07) is 5.32. The lowest BCUT2D eigenvalue weighted by molar-refractivity contribution is 0.0944. The molecule has 1 saturated carbocycles. The molecule has 0 spiro atoms. The van der Waals surface area contributed by atoms with Gasteiger partial charge in [0.1, 0.15) is 0 Å². The average molecular weight is 281 g/mol. The number of hydrogen-bond acceptors (Lipinski definition) is 2. The maximum Gasteiger partial charge on any atom is 0.253 e. The van der Waals surface area contributed by atoms with Crippen LogP contribution in [0.15, 0.2) is 18.2 Å². The Morgan fingerprint density at radius 2 is 2.16 bits per heavy atom. The minimum absolute atomic E-state index is 0.0470. The number of halogens is 1. The Kier molecular flexibility index (Phi) is 4.35. The molecule has 3 nitrogen and oxygen atoms in total. The van der Waals surface area contributed by atoms with E-state index in [9.17, 15) is 4.79 Å². The normalized spacial score (nSPS) is 15.9. The molecule has 1 amide bonds. The summed E-state index contributed by atoms with van der Waals surface area (Å²) >= 11 is 5.96. The summed E-state index contributed by atoms with van der Waals surface area (Å²) in [6.07, 6.45) is 4.83. The Bertz CT molecular complexity index is 469. The van der Waals surface area contributed by atoms with E-state index in [-0.39, 0.29) is 5.91 Å². The van der Waals surface area contributed by atoms with E-state index in [1.54, 1.807) is 19.2 Å². The van der Waals surface area contributed by atoms with Crippen LogP contribution in [0.3, 0.4) is 0 Å². The summed E-state index contributed by atoms with van der Waals surface area (Å²) in [5.41, 5.74) is 1.78. The molecule has 0 radical (unpaired) electrons. The van der Waals surface area contributed by atoms with Crippen LogP contribution in [0.4, 0.5) is 5.69 Å². The van der Waals surface area contributed by atoms with Gasteiger partial charge in [0.2, 0.25) is 0 Å². The lowest BCUT2D eigenvalue weighted by Crippen LogP contribution is -2.30. The maximum absolute atomic E-state index is 12.2. The zero-order chi connectivity index (χ0) is 13.9. The summed E-state index contributed by atoms with van der Waals surface area (Å²) < 4.78 is 0. The Morgan fingerprint density at radius 1 is 1.42 bits per heavy atom. The van der Waals surface area contributed by atoms with Crippen LogP contribution in [0.2, 0.25) is 5.02 Å². The van der Waals surface area contributed by atoms with Gasteiger partial charge in [0.05, 0.1) is 5.56 Å². The van der Waals surface area contributed by atoms with Crippen molar-refractivity contribution in [1.82, 2.24) is 5.32 Å². The standard InChI is InChI=1S/C15H21ClN2O/c1-3-6-15(7-8-15)10-18-14(19)12-9-11(16)4-5-13(12)17-2/h4-5,9,17H,3,6-8,10H2,1-2H3,(H,18,19). The van der Waals surface area contributed by atoms with Crippen molar-refractivity contribution in [3.8, 4) is 0 Å². The molecule has 104 valence electrons.